The zero-order valence-electron chi connectivity index (χ0n) is 33.2. The van der Waals surface area contributed by atoms with Crippen molar-refractivity contribution >= 4 is 5.91 Å². The van der Waals surface area contributed by atoms with Gasteiger partial charge in [0.25, 0.3) is 0 Å². The molecule has 0 saturated heterocycles. The Morgan fingerprint density at radius 2 is 0.840 bits per heavy atom. The van der Waals surface area contributed by atoms with Crippen LogP contribution in [0.4, 0.5) is 0 Å². The van der Waals surface area contributed by atoms with Crippen LogP contribution in [0.1, 0.15) is 206 Å². The fraction of sp³-hybridized carbons (Fsp3) is 0.761. The molecule has 0 radical (unpaired) electrons. The number of carbonyl (C=O) groups is 1. The monoisotopic (exact) mass is 698 g/mol. The lowest BCUT2D eigenvalue weighted by Gasteiger charge is -2.19. The topological polar surface area (TPSA) is 69.6 Å². The molecule has 0 aromatic carbocycles. The minimum absolute atomic E-state index is 0.0835. The standard InChI is InChI=1S/C46H83NO3/c1-3-5-7-9-11-13-15-17-19-20-21-22-23-24-25-26-28-30-32-34-36-38-40-42-46(50)47-44(43-48)45(49)41-39-37-35-33-31-29-27-18-16-14-12-10-8-6-4-2/h15,17,20-21,23-24,31,33,39,41,44-45,48-49H,3-14,16,18-19,22,25-30,32,34-38,40,42-43H2,1-2H3,(H,47,50)/b17-15-,21-20-,24-23-,33-31+,41-39+. The summed E-state index contributed by atoms with van der Waals surface area (Å²) in [4.78, 5) is 12.4. The van der Waals surface area contributed by atoms with E-state index in [4.69, 9.17) is 0 Å². The number of unbranched alkanes of at least 4 members (excludes halogenated alkanes) is 23. The summed E-state index contributed by atoms with van der Waals surface area (Å²) in [5.41, 5.74) is 0. The third kappa shape index (κ3) is 37.3. The molecule has 2 atom stereocenters. The highest BCUT2D eigenvalue weighted by Crippen LogP contribution is 2.13. The van der Waals surface area contributed by atoms with Crippen LogP contribution in [0.3, 0.4) is 0 Å². The van der Waals surface area contributed by atoms with E-state index in [1.165, 1.54) is 135 Å². The molecule has 290 valence electrons. The second-order valence-electron chi connectivity index (χ2n) is 14.4. The van der Waals surface area contributed by atoms with Crippen molar-refractivity contribution in [1.29, 1.82) is 0 Å². The van der Waals surface area contributed by atoms with E-state index < -0.39 is 12.1 Å². The van der Waals surface area contributed by atoms with Gasteiger partial charge in [0, 0.05) is 6.42 Å². The molecule has 1 amide bonds. The van der Waals surface area contributed by atoms with Gasteiger partial charge in [-0.3, -0.25) is 4.79 Å². The summed E-state index contributed by atoms with van der Waals surface area (Å²) in [6.07, 6.45) is 57.5. The lowest BCUT2D eigenvalue weighted by atomic mass is 10.1. The molecule has 0 aliphatic rings. The molecule has 0 aromatic heterocycles. The predicted molar refractivity (Wildman–Crippen MR) is 221 cm³/mol. The predicted octanol–water partition coefficient (Wildman–Crippen LogP) is 13.3. The fourth-order valence-electron chi connectivity index (χ4n) is 6.14. The number of aliphatic hydroxyl groups is 2. The molecule has 0 aliphatic carbocycles. The smallest absolute Gasteiger partial charge is 0.220 e. The Labute approximate surface area is 311 Å². The Hall–Kier alpha value is -1.91. The second-order valence-corrected chi connectivity index (χ2v) is 14.4. The van der Waals surface area contributed by atoms with Crippen molar-refractivity contribution in [3.8, 4) is 0 Å². The zero-order chi connectivity index (χ0) is 36.4. The largest absolute Gasteiger partial charge is 0.394 e. The molecule has 0 aromatic rings. The molecule has 0 bridgehead atoms. The van der Waals surface area contributed by atoms with Gasteiger partial charge in [0.15, 0.2) is 0 Å². The van der Waals surface area contributed by atoms with Gasteiger partial charge in [-0.25, -0.2) is 0 Å². The number of amides is 1. The van der Waals surface area contributed by atoms with Crippen LogP contribution in [0.25, 0.3) is 0 Å². The normalized spacial score (nSPS) is 13.6. The highest BCUT2D eigenvalue weighted by atomic mass is 16.3. The Bertz CT molecular complexity index is 842. The number of nitrogens with one attached hydrogen (secondary N) is 1. The van der Waals surface area contributed by atoms with E-state index in [9.17, 15) is 15.0 Å². The molecule has 0 spiro atoms. The number of aliphatic hydroxyl groups excluding tert-OH is 2. The van der Waals surface area contributed by atoms with Crippen LogP contribution in [0.2, 0.25) is 0 Å². The van der Waals surface area contributed by atoms with E-state index >= 15 is 0 Å². The van der Waals surface area contributed by atoms with Crippen molar-refractivity contribution in [2.75, 3.05) is 6.61 Å². The first kappa shape index (κ1) is 48.1. The first-order chi connectivity index (χ1) is 24.7. The molecule has 4 nitrogen and oxygen atoms in total. The molecule has 4 heteroatoms. The van der Waals surface area contributed by atoms with Crippen LogP contribution in [0.5, 0.6) is 0 Å². The summed E-state index contributed by atoms with van der Waals surface area (Å²) in [6.45, 7) is 4.27. The highest BCUT2D eigenvalue weighted by molar-refractivity contribution is 5.76. The van der Waals surface area contributed by atoms with Gasteiger partial charge in [0.2, 0.25) is 5.91 Å². The van der Waals surface area contributed by atoms with Gasteiger partial charge < -0.3 is 15.5 Å². The molecule has 0 rings (SSSR count). The molecule has 0 fully saturated rings. The minimum atomic E-state index is -0.866. The van der Waals surface area contributed by atoms with Gasteiger partial charge in [-0.1, -0.05) is 190 Å². The van der Waals surface area contributed by atoms with Crippen LogP contribution in [0.15, 0.2) is 60.8 Å². The fourth-order valence-corrected chi connectivity index (χ4v) is 6.14. The van der Waals surface area contributed by atoms with Gasteiger partial charge in [0.1, 0.15) is 0 Å². The SMILES string of the molecule is CCCCCCC/C=C\C/C=C\C/C=C\CCCCCCCCCCC(=O)NC(CO)C(O)/C=C/CC/C=C/CCCCCCCCCCC. The number of allylic oxidation sites excluding steroid dienone is 9. The third-order valence-corrected chi connectivity index (χ3v) is 9.47. The average Bonchev–Trinajstić information content (AvgIpc) is 3.12. The summed E-state index contributed by atoms with van der Waals surface area (Å²) < 4.78 is 0. The van der Waals surface area contributed by atoms with Crippen molar-refractivity contribution in [3.63, 3.8) is 0 Å². The number of hydrogen-bond acceptors (Lipinski definition) is 3. The van der Waals surface area contributed by atoms with Crippen LogP contribution in [-0.4, -0.2) is 34.9 Å². The highest BCUT2D eigenvalue weighted by Gasteiger charge is 2.17. The first-order valence-corrected chi connectivity index (χ1v) is 21.5. The Balaban J connectivity index is 3.65. The molecular formula is C46H83NO3. The zero-order valence-corrected chi connectivity index (χ0v) is 33.2. The van der Waals surface area contributed by atoms with E-state index in [0.717, 1.165) is 51.4 Å². The maximum atomic E-state index is 12.4. The quantitative estimate of drug-likeness (QED) is 0.0444. The minimum Gasteiger partial charge on any atom is -0.394 e. The summed E-state index contributed by atoms with van der Waals surface area (Å²) in [5, 5.41) is 22.9. The maximum absolute atomic E-state index is 12.4. The summed E-state index contributed by atoms with van der Waals surface area (Å²) >= 11 is 0. The molecule has 0 heterocycles. The summed E-state index contributed by atoms with van der Waals surface area (Å²) in [5.74, 6) is -0.0835. The van der Waals surface area contributed by atoms with E-state index in [1.54, 1.807) is 6.08 Å². The van der Waals surface area contributed by atoms with Crippen LogP contribution in [-0.2, 0) is 4.79 Å². The van der Waals surface area contributed by atoms with Crippen molar-refractivity contribution in [2.45, 2.75) is 219 Å². The Morgan fingerprint density at radius 1 is 0.480 bits per heavy atom. The lowest BCUT2D eigenvalue weighted by Crippen LogP contribution is -2.45. The average molecular weight is 698 g/mol. The van der Waals surface area contributed by atoms with Gasteiger partial charge in [-0.15, -0.1) is 0 Å². The van der Waals surface area contributed by atoms with Crippen LogP contribution in [0, 0.1) is 0 Å². The van der Waals surface area contributed by atoms with Crippen molar-refractivity contribution in [2.24, 2.45) is 0 Å². The van der Waals surface area contributed by atoms with Crippen LogP contribution >= 0.6 is 0 Å². The van der Waals surface area contributed by atoms with Gasteiger partial charge in [-0.2, -0.15) is 0 Å². The molecular weight excluding hydrogens is 615 g/mol. The maximum Gasteiger partial charge on any atom is 0.220 e. The van der Waals surface area contributed by atoms with Crippen LogP contribution < -0.4 is 5.32 Å². The van der Waals surface area contributed by atoms with E-state index in [2.05, 4.69) is 67.8 Å². The third-order valence-electron chi connectivity index (χ3n) is 9.47. The van der Waals surface area contributed by atoms with Crippen molar-refractivity contribution in [3.05, 3.63) is 60.8 Å². The van der Waals surface area contributed by atoms with Gasteiger partial charge >= 0.3 is 0 Å². The Morgan fingerprint density at radius 3 is 1.30 bits per heavy atom. The molecule has 0 saturated carbocycles. The van der Waals surface area contributed by atoms with E-state index in [1.807, 2.05) is 6.08 Å². The van der Waals surface area contributed by atoms with Crippen molar-refractivity contribution in [1.82, 2.24) is 5.32 Å². The number of rotatable bonds is 38. The van der Waals surface area contributed by atoms with E-state index in [0.29, 0.717) is 6.42 Å². The first-order valence-electron chi connectivity index (χ1n) is 21.5. The number of carbonyl (C=O) groups excluding carboxylic acids is 1. The van der Waals surface area contributed by atoms with E-state index in [-0.39, 0.29) is 12.5 Å². The summed E-state index contributed by atoms with van der Waals surface area (Å²) in [6, 6.07) is -0.644. The van der Waals surface area contributed by atoms with Gasteiger partial charge in [-0.05, 0) is 70.6 Å². The molecule has 50 heavy (non-hydrogen) atoms. The summed E-state index contributed by atoms with van der Waals surface area (Å²) in [7, 11) is 0. The van der Waals surface area contributed by atoms with Gasteiger partial charge in [0.05, 0.1) is 18.8 Å². The Kier molecular flexibility index (Phi) is 39.9. The molecule has 0 aliphatic heterocycles. The lowest BCUT2D eigenvalue weighted by molar-refractivity contribution is -0.123. The number of hydrogen-bond donors (Lipinski definition) is 3. The molecule has 2 unspecified atom stereocenters. The second kappa shape index (κ2) is 41.5. The molecule has 3 N–H and O–H groups in total. The van der Waals surface area contributed by atoms with Crippen molar-refractivity contribution < 1.29 is 15.0 Å².